The predicted molar refractivity (Wildman–Crippen MR) is 152 cm³/mol. The summed E-state index contributed by atoms with van der Waals surface area (Å²) < 4.78 is 0. The van der Waals surface area contributed by atoms with Crippen molar-refractivity contribution in [2.45, 2.75) is 70.8 Å². The van der Waals surface area contributed by atoms with E-state index in [9.17, 15) is 9.59 Å². The second-order valence-electron chi connectivity index (χ2n) is 10.0. The Morgan fingerprint density at radius 1 is 1.11 bits per heavy atom. The fraction of sp³-hybridized carbons (Fsp3) is 0.464. The van der Waals surface area contributed by atoms with Gasteiger partial charge < -0.3 is 10.7 Å². The van der Waals surface area contributed by atoms with Crippen LogP contribution in [0.15, 0.2) is 35.3 Å². The number of anilines is 1. The molecule has 0 saturated heterocycles. The van der Waals surface area contributed by atoms with E-state index in [1.807, 2.05) is 6.07 Å². The Morgan fingerprint density at radius 2 is 1.95 bits per heavy atom. The van der Waals surface area contributed by atoms with Gasteiger partial charge in [0.2, 0.25) is 5.95 Å². The van der Waals surface area contributed by atoms with Gasteiger partial charge in [-0.15, -0.1) is 0 Å². The zero-order chi connectivity index (χ0) is 26.9. The number of hydrogen-bond donors (Lipinski definition) is 4. The summed E-state index contributed by atoms with van der Waals surface area (Å²) in [6.07, 6.45) is 12.7. The number of nitrogens with zero attached hydrogens (tertiary/aromatic N) is 2. The van der Waals surface area contributed by atoms with E-state index in [-0.39, 0.29) is 17.3 Å². The lowest BCUT2D eigenvalue weighted by molar-refractivity contribution is 0.0885. The minimum Gasteiger partial charge on any atom is -0.352 e. The molecule has 0 radical (unpaired) electrons. The highest BCUT2D eigenvalue weighted by Crippen LogP contribution is 2.31. The molecule has 2 atom stereocenters. The lowest BCUT2D eigenvalue weighted by atomic mass is 9.81. The molecule has 2 heterocycles. The number of Topliss-reactive ketones (excluding diaryl/α,β-unsaturated/α-hetero) is 1. The summed E-state index contributed by atoms with van der Waals surface area (Å²) in [6, 6.07) is 7.08. The Bertz CT molecular complexity index is 1290. The van der Waals surface area contributed by atoms with Crippen LogP contribution in [0.4, 0.5) is 5.95 Å². The first-order valence-corrected chi connectivity index (χ1v) is 14.1. The molecule has 3 aromatic rings. The van der Waals surface area contributed by atoms with Crippen LogP contribution in [-0.2, 0) is 13.0 Å². The van der Waals surface area contributed by atoms with E-state index in [0.29, 0.717) is 51.8 Å². The third-order valence-corrected chi connectivity index (χ3v) is 8.12. The molecule has 1 aromatic carbocycles. The minimum absolute atomic E-state index is 0.0599. The van der Waals surface area contributed by atoms with Crippen LogP contribution in [0.3, 0.4) is 0 Å². The predicted octanol–water partition coefficient (Wildman–Crippen LogP) is 6.59. The number of aromatic amines is 2. The highest BCUT2D eigenvalue weighted by molar-refractivity contribution is 6.42. The zero-order valence-corrected chi connectivity index (χ0v) is 22.9. The van der Waals surface area contributed by atoms with Crippen molar-refractivity contribution < 1.29 is 4.79 Å². The number of rotatable bonds is 11. The lowest BCUT2D eigenvalue weighted by Gasteiger charge is -2.24. The van der Waals surface area contributed by atoms with Gasteiger partial charge in [-0.2, -0.15) is 5.10 Å². The van der Waals surface area contributed by atoms with Crippen LogP contribution < -0.4 is 10.9 Å². The van der Waals surface area contributed by atoms with Gasteiger partial charge in [0, 0.05) is 30.4 Å². The molecule has 0 amide bonds. The molecule has 1 aliphatic rings. The maximum Gasteiger partial charge on any atom is 0.256 e. The van der Waals surface area contributed by atoms with Gasteiger partial charge in [0.15, 0.2) is 5.78 Å². The molecule has 4 rings (SSSR count). The fourth-order valence-corrected chi connectivity index (χ4v) is 5.56. The van der Waals surface area contributed by atoms with Crippen molar-refractivity contribution in [1.29, 1.82) is 5.41 Å². The van der Waals surface area contributed by atoms with Crippen molar-refractivity contribution in [2.75, 3.05) is 5.32 Å². The van der Waals surface area contributed by atoms with E-state index in [1.165, 1.54) is 6.42 Å². The van der Waals surface area contributed by atoms with Gasteiger partial charge in [-0.3, -0.25) is 19.7 Å². The highest BCUT2D eigenvalue weighted by atomic mass is 35.5. The maximum atomic E-state index is 12.8. The third-order valence-electron chi connectivity index (χ3n) is 7.38. The molecule has 202 valence electrons. The van der Waals surface area contributed by atoms with Gasteiger partial charge in [-0.05, 0) is 61.8 Å². The molecular formula is C28H34Cl2N6O2. The van der Waals surface area contributed by atoms with Gasteiger partial charge in [0.25, 0.3) is 5.56 Å². The summed E-state index contributed by atoms with van der Waals surface area (Å²) in [5, 5.41) is 18.6. The Morgan fingerprint density at radius 3 is 2.71 bits per heavy atom. The van der Waals surface area contributed by atoms with E-state index in [4.69, 9.17) is 28.6 Å². The maximum absolute atomic E-state index is 12.8. The van der Waals surface area contributed by atoms with Crippen LogP contribution in [0.5, 0.6) is 0 Å². The van der Waals surface area contributed by atoms with E-state index < -0.39 is 0 Å². The molecule has 0 spiro atoms. The summed E-state index contributed by atoms with van der Waals surface area (Å²) in [4.78, 5) is 32.8. The first-order valence-electron chi connectivity index (χ1n) is 13.3. The second-order valence-corrected chi connectivity index (χ2v) is 10.8. The molecule has 10 heteroatoms. The van der Waals surface area contributed by atoms with Gasteiger partial charge in [-0.1, -0.05) is 61.4 Å². The molecule has 0 aliphatic heterocycles. The average molecular weight is 558 g/mol. The number of carbonyl (C=O) groups is 1. The quantitative estimate of drug-likeness (QED) is 0.120. The van der Waals surface area contributed by atoms with Crippen molar-refractivity contribution in [3.63, 3.8) is 0 Å². The average Bonchev–Trinajstić information content (AvgIpc) is 3.44. The SMILES string of the molecule is N=Cc1nc(NCc2ccc(Cl)c(Cl)c2)[nH]c(=O)c1CCCCC1CCCCC(C(=O)c2cc[nH]n2)CC1. The summed E-state index contributed by atoms with van der Waals surface area (Å²) in [5.74, 6) is 1.13. The third kappa shape index (κ3) is 7.54. The Kier molecular flexibility index (Phi) is 10.1. The normalized spacial score (nSPS) is 17.9. The first-order chi connectivity index (χ1) is 18.4. The number of unbranched alkanes of at least 4 members (excludes halogenated alkanes) is 1. The zero-order valence-electron chi connectivity index (χ0n) is 21.4. The molecule has 1 aliphatic carbocycles. The second kappa shape index (κ2) is 13.7. The van der Waals surface area contributed by atoms with Crippen molar-refractivity contribution in [3.8, 4) is 0 Å². The molecule has 1 fully saturated rings. The van der Waals surface area contributed by atoms with Crippen LogP contribution in [0.2, 0.25) is 10.0 Å². The van der Waals surface area contributed by atoms with Gasteiger partial charge in [0.05, 0.1) is 15.7 Å². The molecule has 38 heavy (non-hydrogen) atoms. The summed E-state index contributed by atoms with van der Waals surface area (Å²) in [6.45, 7) is 0.409. The molecule has 0 bridgehead atoms. The number of hydrogen-bond acceptors (Lipinski definition) is 6. The Balaban J connectivity index is 1.27. The molecule has 2 aromatic heterocycles. The monoisotopic (exact) mass is 556 g/mol. The van der Waals surface area contributed by atoms with Crippen molar-refractivity contribution in [3.05, 3.63) is 73.4 Å². The van der Waals surface area contributed by atoms with Crippen LogP contribution in [0, 0.1) is 17.2 Å². The number of aromatic nitrogens is 4. The van der Waals surface area contributed by atoms with Crippen LogP contribution >= 0.6 is 23.2 Å². The molecular weight excluding hydrogens is 523 g/mol. The van der Waals surface area contributed by atoms with Gasteiger partial charge in [-0.25, -0.2) is 4.98 Å². The van der Waals surface area contributed by atoms with Crippen molar-refractivity contribution >= 4 is 41.1 Å². The number of benzene rings is 1. The largest absolute Gasteiger partial charge is 0.352 e. The van der Waals surface area contributed by atoms with E-state index in [1.54, 1.807) is 24.4 Å². The Labute approximate surface area is 232 Å². The molecule has 1 saturated carbocycles. The van der Waals surface area contributed by atoms with Crippen molar-refractivity contribution in [1.82, 2.24) is 20.2 Å². The summed E-state index contributed by atoms with van der Waals surface area (Å²) in [5.41, 5.74) is 2.15. The molecule has 4 N–H and O–H groups in total. The Hall–Kier alpha value is -2.97. The van der Waals surface area contributed by atoms with Gasteiger partial charge in [0.1, 0.15) is 5.69 Å². The van der Waals surface area contributed by atoms with E-state index in [2.05, 4.69) is 25.5 Å². The van der Waals surface area contributed by atoms with Crippen molar-refractivity contribution in [2.24, 2.45) is 11.8 Å². The highest BCUT2D eigenvalue weighted by Gasteiger charge is 2.24. The van der Waals surface area contributed by atoms with E-state index in [0.717, 1.165) is 63.1 Å². The fourth-order valence-electron chi connectivity index (χ4n) is 5.24. The molecule has 8 nitrogen and oxygen atoms in total. The number of nitrogens with one attached hydrogen (secondary N) is 4. The number of H-pyrrole nitrogens is 2. The van der Waals surface area contributed by atoms with Crippen LogP contribution in [0.1, 0.15) is 85.1 Å². The van der Waals surface area contributed by atoms with Gasteiger partial charge >= 0.3 is 0 Å². The first kappa shape index (κ1) is 28.0. The number of carbonyl (C=O) groups excluding carboxylic acids is 1. The number of halogens is 2. The van der Waals surface area contributed by atoms with E-state index >= 15 is 0 Å². The lowest BCUT2D eigenvalue weighted by Crippen LogP contribution is -2.21. The summed E-state index contributed by atoms with van der Waals surface area (Å²) >= 11 is 12.0. The minimum atomic E-state index is -0.221. The topological polar surface area (TPSA) is 127 Å². The van der Waals surface area contributed by atoms with Crippen LogP contribution in [-0.4, -0.2) is 32.2 Å². The molecule has 2 unspecified atom stereocenters. The van der Waals surface area contributed by atoms with Crippen LogP contribution in [0.25, 0.3) is 0 Å². The number of ketones is 1. The standard InChI is InChI=1S/C28H34Cl2N6O2/c29-22-12-10-19(15-23(22)30)17-32-28-34-25(16-31)21(27(38)35-28)8-4-2-6-18-5-1-3-7-20(11-9-18)26(37)24-13-14-33-36-24/h10,12-16,18,20,31H,1-9,11,17H2,(H,33,36)(H2,32,34,35,38). The smallest absolute Gasteiger partial charge is 0.256 e. The summed E-state index contributed by atoms with van der Waals surface area (Å²) in [7, 11) is 0.